The van der Waals surface area contributed by atoms with Gasteiger partial charge >= 0.3 is 0 Å². The van der Waals surface area contributed by atoms with Gasteiger partial charge in [0.15, 0.2) is 5.76 Å². The Labute approximate surface area is 193 Å². The third-order valence-electron chi connectivity index (χ3n) is 5.92. The Bertz CT molecular complexity index is 1200. The number of Topliss-reactive ketones (excluding diaryl/α,β-unsaturated/α-hetero) is 1. The molecule has 0 unspecified atom stereocenters. The first-order valence-electron chi connectivity index (χ1n) is 10.8. The van der Waals surface area contributed by atoms with E-state index in [4.69, 9.17) is 21.1 Å². The molecule has 32 heavy (non-hydrogen) atoms. The Hall–Kier alpha value is -3.08. The zero-order valence-electron chi connectivity index (χ0n) is 17.9. The van der Waals surface area contributed by atoms with Crippen LogP contribution in [0, 0.1) is 6.92 Å². The van der Waals surface area contributed by atoms with Crippen LogP contribution in [-0.2, 0) is 13.0 Å². The maximum Gasteiger partial charge on any atom is 0.232 e. The second-order valence-electron chi connectivity index (χ2n) is 8.28. The van der Waals surface area contributed by atoms with Gasteiger partial charge in [-0.25, -0.2) is 0 Å². The summed E-state index contributed by atoms with van der Waals surface area (Å²) in [5, 5.41) is 0.621. The van der Waals surface area contributed by atoms with Crippen LogP contribution in [0.2, 0.25) is 5.02 Å². The Kier molecular flexibility index (Phi) is 5.73. The molecule has 5 heteroatoms. The van der Waals surface area contributed by atoms with Gasteiger partial charge in [0, 0.05) is 18.1 Å². The Morgan fingerprint density at radius 1 is 1.09 bits per heavy atom. The summed E-state index contributed by atoms with van der Waals surface area (Å²) in [4.78, 5) is 15.4. The number of hydrogen-bond acceptors (Lipinski definition) is 4. The van der Waals surface area contributed by atoms with Crippen LogP contribution in [0.3, 0.4) is 0 Å². The summed E-state index contributed by atoms with van der Waals surface area (Å²) in [6, 6.07) is 19.8. The molecular weight excluding hydrogens is 422 g/mol. The number of ether oxygens (including phenoxy) is 2. The number of hydrogen-bond donors (Lipinski definition) is 0. The van der Waals surface area contributed by atoms with Gasteiger partial charge in [0.2, 0.25) is 5.78 Å². The Morgan fingerprint density at radius 2 is 1.94 bits per heavy atom. The number of rotatable bonds is 5. The molecule has 3 aromatic carbocycles. The highest BCUT2D eigenvalue weighted by atomic mass is 35.5. The van der Waals surface area contributed by atoms with Crippen molar-refractivity contribution in [2.45, 2.75) is 26.3 Å². The second kappa shape index (κ2) is 8.81. The van der Waals surface area contributed by atoms with E-state index in [1.165, 1.54) is 5.56 Å². The predicted octanol–water partition coefficient (Wildman–Crippen LogP) is 6.05. The van der Waals surface area contributed by atoms with Crippen LogP contribution in [-0.4, -0.2) is 24.0 Å². The van der Waals surface area contributed by atoms with E-state index in [0.717, 1.165) is 41.8 Å². The molecule has 3 aromatic rings. The molecule has 2 heterocycles. The SMILES string of the molecule is Cc1cc2c(c3c1C(=O)/C(=C/c1cccc(Cl)c1)O3)CN(CCCc1ccccc1)CO2. The molecule has 0 bridgehead atoms. The van der Waals surface area contributed by atoms with Crippen molar-refractivity contribution < 1.29 is 14.3 Å². The minimum absolute atomic E-state index is 0.0959. The van der Waals surface area contributed by atoms with E-state index in [-0.39, 0.29) is 5.78 Å². The molecule has 2 aliphatic heterocycles. The fraction of sp³-hybridized carbons (Fsp3) is 0.222. The Balaban J connectivity index is 1.36. The van der Waals surface area contributed by atoms with Crippen LogP contribution in [0.5, 0.6) is 11.5 Å². The minimum atomic E-state index is -0.0959. The summed E-state index contributed by atoms with van der Waals surface area (Å²) in [6.07, 6.45) is 3.82. The molecule has 0 amide bonds. The highest BCUT2D eigenvalue weighted by Crippen LogP contribution is 2.44. The van der Waals surface area contributed by atoms with Crippen LogP contribution in [0.1, 0.15) is 39.0 Å². The summed E-state index contributed by atoms with van der Waals surface area (Å²) in [5.41, 5.74) is 4.62. The van der Waals surface area contributed by atoms with Crippen LogP contribution < -0.4 is 9.47 Å². The molecule has 0 saturated carbocycles. The maximum atomic E-state index is 13.1. The smallest absolute Gasteiger partial charge is 0.232 e. The average Bonchev–Trinajstić information content (AvgIpc) is 3.12. The highest BCUT2D eigenvalue weighted by molar-refractivity contribution is 6.30. The molecular formula is C27H24ClNO3. The van der Waals surface area contributed by atoms with Crippen LogP contribution in [0.4, 0.5) is 0 Å². The number of fused-ring (bicyclic) bond motifs is 3. The first-order chi connectivity index (χ1) is 15.6. The van der Waals surface area contributed by atoms with Crippen molar-refractivity contribution >= 4 is 23.5 Å². The van der Waals surface area contributed by atoms with Crippen molar-refractivity contribution in [3.63, 3.8) is 0 Å². The molecule has 0 fully saturated rings. The van der Waals surface area contributed by atoms with Crippen molar-refractivity contribution in [1.82, 2.24) is 4.90 Å². The fourth-order valence-electron chi connectivity index (χ4n) is 4.32. The van der Waals surface area contributed by atoms with Crippen LogP contribution in [0.15, 0.2) is 66.4 Å². The van der Waals surface area contributed by atoms with E-state index < -0.39 is 0 Å². The number of carbonyl (C=O) groups is 1. The van der Waals surface area contributed by atoms with Crippen molar-refractivity contribution in [3.05, 3.63) is 99.3 Å². The van der Waals surface area contributed by atoms with Crippen molar-refractivity contribution in [2.75, 3.05) is 13.3 Å². The first-order valence-corrected chi connectivity index (χ1v) is 11.2. The molecule has 0 spiro atoms. The van der Waals surface area contributed by atoms with Crippen molar-refractivity contribution in [2.24, 2.45) is 0 Å². The lowest BCUT2D eigenvalue weighted by atomic mass is 9.98. The van der Waals surface area contributed by atoms with Crippen molar-refractivity contribution in [3.8, 4) is 11.5 Å². The van der Waals surface area contributed by atoms with Gasteiger partial charge in [-0.1, -0.05) is 54.1 Å². The van der Waals surface area contributed by atoms with Gasteiger partial charge in [-0.2, -0.15) is 0 Å². The number of ketones is 1. The maximum absolute atomic E-state index is 13.1. The van der Waals surface area contributed by atoms with E-state index in [2.05, 4.69) is 29.2 Å². The normalized spacial score (nSPS) is 16.4. The lowest BCUT2D eigenvalue weighted by Gasteiger charge is -2.30. The summed E-state index contributed by atoms with van der Waals surface area (Å²) >= 11 is 6.10. The average molecular weight is 446 g/mol. The van der Waals surface area contributed by atoms with E-state index >= 15 is 0 Å². The van der Waals surface area contributed by atoms with E-state index in [0.29, 0.717) is 35.4 Å². The van der Waals surface area contributed by atoms with Gasteiger partial charge in [-0.15, -0.1) is 0 Å². The topological polar surface area (TPSA) is 38.8 Å². The lowest BCUT2D eigenvalue weighted by Crippen LogP contribution is -2.33. The highest BCUT2D eigenvalue weighted by Gasteiger charge is 2.35. The molecule has 162 valence electrons. The second-order valence-corrected chi connectivity index (χ2v) is 8.72. The van der Waals surface area contributed by atoms with Gasteiger partial charge in [-0.05, 0) is 60.7 Å². The van der Waals surface area contributed by atoms with Gasteiger partial charge in [0.25, 0.3) is 0 Å². The van der Waals surface area contributed by atoms with E-state index in [9.17, 15) is 4.79 Å². The van der Waals surface area contributed by atoms with Gasteiger partial charge in [0.1, 0.15) is 18.2 Å². The largest absolute Gasteiger partial charge is 0.478 e. The van der Waals surface area contributed by atoms with Crippen molar-refractivity contribution in [1.29, 1.82) is 0 Å². The number of allylic oxidation sites excluding steroid dienone is 1. The zero-order valence-corrected chi connectivity index (χ0v) is 18.7. The zero-order chi connectivity index (χ0) is 22.1. The summed E-state index contributed by atoms with van der Waals surface area (Å²) in [7, 11) is 0. The third-order valence-corrected chi connectivity index (χ3v) is 6.15. The summed E-state index contributed by atoms with van der Waals surface area (Å²) < 4.78 is 12.2. The number of carbonyl (C=O) groups excluding carboxylic acids is 1. The number of benzene rings is 3. The Morgan fingerprint density at radius 3 is 2.75 bits per heavy atom. The van der Waals surface area contributed by atoms with E-state index in [1.807, 2.05) is 37.3 Å². The summed E-state index contributed by atoms with van der Waals surface area (Å²) in [5.74, 6) is 1.66. The first kappa shape index (κ1) is 20.8. The fourth-order valence-corrected chi connectivity index (χ4v) is 4.52. The summed E-state index contributed by atoms with van der Waals surface area (Å²) in [6.45, 7) is 4.08. The van der Waals surface area contributed by atoms with Crippen LogP contribution >= 0.6 is 11.6 Å². The van der Waals surface area contributed by atoms with Crippen LogP contribution in [0.25, 0.3) is 6.08 Å². The molecule has 0 N–H and O–H groups in total. The molecule has 0 aromatic heterocycles. The lowest BCUT2D eigenvalue weighted by molar-refractivity contribution is 0.0928. The predicted molar refractivity (Wildman–Crippen MR) is 126 cm³/mol. The van der Waals surface area contributed by atoms with Gasteiger partial charge in [-0.3, -0.25) is 9.69 Å². The van der Waals surface area contributed by atoms with E-state index in [1.54, 1.807) is 12.1 Å². The minimum Gasteiger partial charge on any atom is -0.478 e. The molecule has 2 aliphatic rings. The molecule has 0 radical (unpaired) electrons. The number of nitrogens with zero attached hydrogens (tertiary/aromatic N) is 1. The van der Waals surface area contributed by atoms with Gasteiger partial charge < -0.3 is 9.47 Å². The third kappa shape index (κ3) is 4.16. The molecule has 0 atom stereocenters. The van der Waals surface area contributed by atoms with Gasteiger partial charge in [0.05, 0.1) is 11.1 Å². The quantitative estimate of drug-likeness (QED) is 0.448. The monoisotopic (exact) mass is 445 g/mol. The number of aryl methyl sites for hydroxylation is 2. The molecule has 4 nitrogen and oxygen atoms in total. The molecule has 5 rings (SSSR count). The molecule has 0 aliphatic carbocycles. The number of halogens is 1. The standard InChI is InChI=1S/C27H24ClNO3/c1-18-13-23-22(16-29(17-31-23)12-6-10-19-7-3-2-4-8-19)27-25(18)26(30)24(32-27)15-20-9-5-11-21(28)14-20/h2-5,7-9,11,13-15H,6,10,12,16-17H2,1H3/b24-15-. The molecule has 0 saturated heterocycles.